The number of rotatable bonds is 1. The molecule has 3 heteroatoms. The van der Waals surface area contributed by atoms with Gasteiger partial charge in [-0.1, -0.05) is 20.8 Å². The first-order chi connectivity index (χ1) is 6.80. The van der Waals surface area contributed by atoms with Gasteiger partial charge in [-0.3, -0.25) is 4.79 Å². The smallest absolute Gasteiger partial charge is 0.303 e. The Hall–Kier alpha value is -0.570. The van der Waals surface area contributed by atoms with Crippen LogP contribution in [0.15, 0.2) is 0 Å². The quantitative estimate of drug-likeness (QED) is 0.673. The van der Waals surface area contributed by atoms with Crippen LogP contribution in [0.5, 0.6) is 0 Å². The highest BCUT2D eigenvalue weighted by Gasteiger charge is 2.67. The van der Waals surface area contributed by atoms with Crippen molar-refractivity contribution in [2.24, 2.45) is 16.7 Å². The van der Waals surface area contributed by atoms with Gasteiger partial charge in [0.2, 0.25) is 0 Å². The maximum absolute atomic E-state index is 11.0. The molecule has 0 saturated heterocycles. The van der Waals surface area contributed by atoms with E-state index in [1.807, 2.05) is 0 Å². The number of carbonyl (C=O) groups excluding carboxylic acids is 1. The van der Waals surface area contributed by atoms with Crippen LogP contribution in [-0.4, -0.2) is 23.3 Å². The van der Waals surface area contributed by atoms with Crippen molar-refractivity contribution in [3.63, 3.8) is 0 Å². The second-order valence-corrected chi connectivity index (χ2v) is 5.80. The van der Waals surface area contributed by atoms with Crippen molar-refractivity contribution in [2.45, 2.75) is 52.7 Å². The number of carbonyl (C=O) groups is 1. The predicted octanol–water partition coefficient (Wildman–Crippen LogP) is 1.74. The molecule has 0 aromatic heterocycles. The molecule has 2 aliphatic carbocycles. The van der Waals surface area contributed by atoms with Crippen LogP contribution in [0.1, 0.15) is 40.5 Å². The van der Waals surface area contributed by atoms with E-state index in [0.717, 1.165) is 12.8 Å². The van der Waals surface area contributed by atoms with Gasteiger partial charge < -0.3 is 9.84 Å². The van der Waals surface area contributed by atoms with Crippen molar-refractivity contribution < 1.29 is 14.6 Å². The lowest BCUT2D eigenvalue weighted by Crippen LogP contribution is -2.42. The molecule has 0 aliphatic heterocycles. The van der Waals surface area contributed by atoms with Crippen LogP contribution in [0.25, 0.3) is 0 Å². The van der Waals surface area contributed by atoms with Crippen molar-refractivity contribution in [3.05, 3.63) is 0 Å². The number of ether oxygens (including phenoxy) is 1. The molecular formula is C12H20O3. The molecule has 2 aliphatic rings. The topological polar surface area (TPSA) is 46.5 Å². The molecule has 2 saturated carbocycles. The highest BCUT2D eigenvalue weighted by Crippen LogP contribution is 2.66. The summed E-state index contributed by atoms with van der Waals surface area (Å²) in [7, 11) is 0. The fraction of sp³-hybridized carbons (Fsp3) is 0.917. The minimum Gasteiger partial charge on any atom is -0.459 e. The van der Waals surface area contributed by atoms with E-state index < -0.39 is 6.10 Å². The third-order valence-corrected chi connectivity index (χ3v) is 5.02. The molecule has 0 spiro atoms. The molecule has 0 aromatic carbocycles. The van der Waals surface area contributed by atoms with E-state index in [9.17, 15) is 9.90 Å². The van der Waals surface area contributed by atoms with Gasteiger partial charge in [0.1, 0.15) is 6.10 Å². The van der Waals surface area contributed by atoms with Crippen LogP contribution < -0.4 is 0 Å². The van der Waals surface area contributed by atoms with Crippen molar-refractivity contribution >= 4 is 5.97 Å². The van der Waals surface area contributed by atoms with Crippen molar-refractivity contribution in [1.29, 1.82) is 0 Å². The second-order valence-electron chi connectivity index (χ2n) is 5.80. The van der Waals surface area contributed by atoms with Gasteiger partial charge in [0.15, 0.2) is 0 Å². The van der Waals surface area contributed by atoms with E-state index >= 15 is 0 Å². The van der Waals surface area contributed by atoms with Crippen LogP contribution >= 0.6 is 0 Å². The number of hydrogen-bond donors (Lipinski definition) is 1. The van der Waals surface area contributed by atoms with Gasteiger partial charge in [0, 0.05) is 12.3 Å². The number of aliphatic hydroxyl groups excluding tert-OH is 1. The lowest BCUT2D eigenvalue weighted by Gasteiger charge is -2.38. The Kier molecular flexibility index (Phi) is 2.16. The van der Waals surface area contributed by atoms with Crippen LogP contribution in [0.4, 0.5) is 0 Å². The zero-order valence-corrected chi connectivity index (χ0v) is 9.91. The van der Waals surface area contributed by atoms with E-state index in [0.29, 0.717) is 0 Å². The third-order valence-electron chi connectivity index (χ3n) is 5.02. The van der Waals surface area contributed by atoms with E-state index in [1.54, 1.807) is 0 Å². The summed E-state index contributed by atoms with van der Waals surface area (Å²) in [4.78, 5) is 11.0. The molecule has 2 fully saturated rings. The Bertz CT molecular complexity index is 297. The largest absolute Gasteiger partial charge is 0.459 e. The Balaban J connectivity index is 2.32. The Morgan fingerprint density at radius 2 is 2.00 bits per heavy atom. The van der Waals surface area contributed by atoms with E-state index in [2.05, 4.69) is 20.8 Å². The molecular weight excluding hydrogens is 192 g/mol. The van der Waals surface area contributed by atoms with Gasteiger partial charge in [-0.15, -0.1) is 0 Å². The SMILES string of the molecule is CC(=O)O[C@@H]1[C@@H](O)[C@@H]2CC[C@@]1(C)C2(C)C. The van der Waals surface area contributed by atoms with Gasteiger partial charge in [0.25, 0.3) is 0 Å². The first-order valence-corrected chi connectivity index (χ1v) is 5.66. The van der Waals surface area contributed by atoms with Gasteiger partial charge in [-0.2, -0.15) is 0 Å². The summed E-state index contributed by atoms with van der Waals surface area (Å²) in [6.45, 7) is 7.90. The van der Waals surface area contributed by atoms with E-state index in [1.165, 1.54) is 6.92 Å². The fourth-order valence-electron chi connectivity index (χ4n) is 3.63. The lowest BCUT2D eigenvalue weighted by atomic mass is 9.70. The fourth-order valence-corrected chi connectivity index (χ4v) is 3.63. The molecule has 15 heavy (non-hydrogen) atoms. The first-order valence-electron chi connectivity index (χ1n) is 5.66. The molecule has 0 unspecified atom stereocenters. The third kappa shape index (κ3) is 1.19. The maximum atomic E-state index is 11.0. The Labute approximate surface area is 90.8 Å². The molecule has 2 bridgehead atoms. The predicted molar refractivity (Wildman–Crippen MR) is 56.2 cm³/mol. The van der Waals surface area contributed by atoms with Crippen LogP contribution in [0, 0.1) is 16.7 Å². The van der Waals surface area contributed by atoms with E-state index in [4.69, 9.17) is 4.74 Å². The average Bonchev–Trinajstić information content (AvgIpc) is 2.39. The summed E-state index contributed by atoms with van der Waals surface area (Å²) in [6, 6.07) is 0. The minimum absolute atomic E-state index is 0.0620. The molecule has 1 N–H and O–H groups in total. The monoisotopic (exact) mass is 212 g/mol. The van der Waals surface area contributed by atoms with Crippen LogP contribution in [0.2, 0.25) is 0 Å². The molecule has 86 valence electrons. The molecule has 0 amide bonds. The number of hydrogen-bond acceptors (Lipinski definition) is 3. The van der Waals surface area contributed by atoms with Crippen molar-refractivity contribution in [1.82, 2.24) is 0 Å². The van der Waals surface area contributed by atoms with Crippen molar-refractivity contribution in [3.8, 4) is 0 Å². The number of esters is 1. The number of fused-ring (bicyclic) bond motifs is 2. The highest BCUT2D eigenvalue weighted by atomic mass is 16.6. The molecule has 0 heterocycles. The highest BCUT2D eigenvalue weighted by molar-refractivity contribution is 5.66. The number of aliphatic hydroxyl groups is 1. The van der Waals surface area contributed by atoms with Gasteiger partial charge in [-0.05, 0) is 24.2 Å². The molecule has 0 radical (unpaired) electrons. The zero-order valence-electron chi connectivity index (χ0n) is 9.91. The molecule has 4 atom stereocenters. The minimum atomic E-state index is -0.484. The summed E-state index contributed by atoms with van der Waals surface area (Å²) < 4.78 is 5.31. The van der Waals surface area contributed by atoms with Crippen molar-refractivity contribution in [2.75, 3.05) is 0 Å². The normalized spacial score (nSPS) is 46.9. The molecule has 2 rings (SSSR count). The summed E-state index contributed by atoms with van der Waals surface area (Å²) in [5.74, 6) is -0.0181. The zero-order chi connectivity index (χ0) is 11.4. The Morgan fingerprint density at radius 3 is 2.40 bits per heavy atom. The average molecular weight is 212 g/mol. The molecule has 3 nitrogen and oxygen atoms in total. The first kappa shape index (κ1) is 10.9. The summed E-state index contributed by atoms with van der Waals surface area (Å²) >= 11 is 0. The summed E-state index contributed by atoms with van der Waals surface area (Å²) in [5, 5.41) is 10.2. The van der Waals surface area contributed by atoms with Gasteiger partial charge >= 0.3 is 5.97 Å². The lowest BCUT2D eigenvalue weighted by molar-refractivity contribution is -0.162. The maximum Gasteiger partial charge on any atom is 0.303 e. The summed E-state index contributed by atoms with van der Waals surface area (Å²) in [6.07, 6.45) is 1.29. The second kappa shape index (κ2) is 2.97. The Morgan fingerprint density at radius 1 is 1.40 bits per heavy atom. The van der Waals surface area contributed by atoms with E-state index in [-0.39, 0.29) is 28.8 Å². The van der Waals surface area contributed by atoms with Gasteiger partial charge in [-0.25, -0.2) is 0 Å². The molecule has 0 aromatic rings. The summed E-state index contributed by atoms with van der Waals surface area (Å²) in [5.41, 5.74) is -0.00468. The van der Waals surface area contributed by atoms with Gasteiger partial charge in [0.05, 0.1) is 6.10 Å². The van der Waals surface area contributed by atoms with Crippen LogP contribution in [0.3, 0.4) is 0 Å². The standard InChI is InChI=1S/C12H20O3/c1-7(13)15-10-9(14)8-5-6-12(10,4)11(8,2)3/h8-10,14H,5-6H2,1-4H3/t8-,9-,10+,12+/m0/s1. The van der Waals surface area contributed by atoms with Crippen LogP contribution in [-0.2, 0) is 9.53 Å².